The lowest BCUT2D eigenvalue weighted by Gasteiger charge is -2.12. The van der Waals surface area contributed by atoms with Gasteiger partial charge in [0.15, 0.2) is 0 Å². The van der Waals surface area contributed by atoms with E-state index in [2.05, 4.69) is 42.7 Å². The lowest BCUT2D eigenvalue weighted by atomic mass is 10.0. The van der Waals surface area contributed by atoms with Gasteiger partial charge in [-0.25, -0.2) is 0 Å². The number of carbonyl (C=O) groups is 1. The van der Waals surface area contributed by atoms with Crippen LogP contribution in [0.2, 0.25) is 0 Å². The zero-order chi connectivity index (χ0) is 13.0. The predicted molar refractivity (Wildman–Crippen MR) is 80.9 cm³/mol. The average molecular weight is 283 g/mol. The van der Waals surface area contributed by atoms with Crippen LogP contribution in [-0.4, -0.2) is 25.0 Å². The Morgan fingerprint density at radius 3 is 2.84 bits per heavy atom. The van der Waals surface area contributed by atoms with Crippen molar-refractivity contribution in [3.8, 4) is 0 Å². The minimum absolute atomic E-state index is 0. The summed E-state index contributed by atoms with van der Waals surface area (Å²) in [4.78, 5) is 11.8. The number of carbonyl (C=O) groups excluding carboxylic acids is 1. The Morgan fingerprint density at radius 2 is 2.21 bits per heavy atom. The van der Waals surface area contributed by atoms with E-state index in [4.69, 9.17) is 0 Å². The minimum Gasteiger partial charge on any atom is -0.354 e. The molecule has 1 aliphatic heterocycles. The summed E-state index contributed by atoms with van der Waals surface area (Å²) < 4.78 is 0. The van der Waals surface area contributed by atoms with Crippen LogP contribution in [0.4, 0.5) is 0 Å². The Bertz CT molecular complexity index is 428. The SMILES string of the molecule is Cc1ccc(CCNC(=O)C2CCCN2)c(C)c1.Cl. The molecule has 0 spiro atoms. The van der Waals surface area contributed by atoms with E-state index in [9.17, 15) is 4.79 Å². The largest absolute Gasteiger partial charge is 0.354 e. The Morgan fingerprint density at radius 1 is 1.42 bits per heavy atom. The van der Waals surface area contributed by atoms with Crippen molar-refractivity contribution >= 4 is 18.3 Å². The number of hydrogen-bond acceptors (Lipinski definition) is 2. The zero-order valence-corrected chi connectivity index (χ0v) is 12.5. The summed E-state index contributed by atoms with van der Waals surface area (Å²) in [6, 6.07) is 6.51. The molecule has 0 aromatic heterocycles. The fourth-order valence-corrected chi connectivity index (χ4v) is 2.48. The number of amides is 1. The van der Waals surface area contributed by atoms with Crippen molar-refractivity contribution in [3.05, 3.63) is 34.9 Å². The second-order valence-corrected chi connectivity index (χ2v) is 5.12. The first-order chi connectivity index (χ1) is 8.66. The maximum Gasteiger partial charge on any atom is 0.237 e. The van der Waals surface area contributed by atoms with Gasteiger partial charge in [-0.05, 0) is 50.8 Å². The fourth-order valence-electron chi connectivity index (χ4n) is 2.48. The highest BCUT2D eigenvalue weighted by atomic mass is 35.5. The molecule has 2 rings (SSSR count). The molecule has 19 heavy (non-hydrogen) atoms. The van der Waals surface area contributed by atoms with Crippen molar-refractivity contribution < 1.29 is 4.79 Å². The highest BCUT2D eigenvalue weighted by molar-refractivity contribution is 5.85. The van der Waals surface area contributed by atoms with Crippen LogP contribution in [-0.2, 0) is 11.2 Å². The molecule has 1 atom stereocenters. The molecule has 1 saturated heterocycles. The molecule has 2 N–H and O–H groups in total. The van der Waals surface area contributed by atoms with Gasteiger partial charge in [-0.2, -0.15) is 0 Å². The molecule has 1 aromatic rings. The summed E-state index contributed by atoms with van der Waals surface area (Å²) in [6.07, 6.45) is 2.98. The molecule has 1 aromatic carbocycles. The quantitative estimate of drug-likeness (QED) is 0.888. The lowest BCUT2D eigenvalue weighted by Crippen LogP contribution is -2.41. The van der Waals surface area contributed by atoms with E-state index >= 15 is 0 Å². The van der Waals surface area contributed by atoms with Gasteiger partial charge in [0.1, 0.15) is 0 Å². The summed E-state index contributed by atoms with van der Waals surface area (Å²) in [5.41, 5.74) is 3.92. The molecule has 106 valence electrons. The number of hydrogen-bond donors (Lipinski definition) is 2. The van der Waals surface area contributed by atoms with Crippen molar-refractivity contribution in [1.29, 1.82) is 0 Å². The van der Waals surface area contributed by atoms with Gasteiger partial charge in [0, 0.05) is 6.54 Å². The molecule has 1 aliphatic rings. The maximum absolute atomic E-state index is 11.8. The first-order valence-electron chi connectivity index (χ1n) is 6.74. The molecule has 1 heterocycles. The summed E-state index contributed by atoms with van der Waals surface area (Å²) in [5, 5.41) is 6.23. The van der Waals surface area contributed by atoms with E-state index in [1.165, 1.54) is 16.7 Å². The number of nitrogens with one attached hydrogen (secondary N) is 2. The molecule has 1 unspecified atom stereocenters. The summed E-state index contributed by atoms with van der Waals surface area (Å²) in [7, 11) is 0. The van der Waals surface area contributed by atoms with Crippen LogP contribution in [0.3, 0.4) is 0 Å². The average Bonchev–Trinajstić information content (AvgIpc) is 2.85. The van der Waals surface area contributed by atoms with Crippen LogP contribution in [0.1, 0.15) is 29.5 Å². The van der Waals surface area contributed by atoms with Crippen molar-refractivity contribution in [2.24, 2.45) is 0 Å². The third-order valence-corrected chi connectivity index (χ3v) is 3.57. The molecular weight excluding hydrogens is 260 g/mol. The van der Waals surface area contributed by atoms with Gasteiger partial charge in [0.2, 0.25) is 5.91 Å². The van der Waals surface area contributed by atoms with Gasteiger partial charge in [-0.15, -0.1) is 12.4 Å². The summed E-state index contributed by atoms with van der Waals surface area (Å²) >= 11 is 0. The molecule has 1 fully saturated rings. The molecular formula is C15H23ClN2O. The third-order valence-electron chi connectivity index (χ3n) is 3.57. The smallest absolute Gasteiger partial charge is 0.237 e. The van der Waals surface area contributed by atoms with Crippen molar-refractivity contribution in [3.63, 3.8) is 0 Å². The van der Waals surface area contributed by atoms with Gasteiger partial charge in [-0.3, -0.25) is 4.79 Å². The molecule has 0 radical (unpaired) electrons. The maximum atomic E-state index is 11.8. The first kappa shape index (κ1) is 16.0. The van der Waals surface area contributed by atoms with Crippen LogP contribution in [0, 0.1) is 13.8 Å². The first-order valence-corrected chi connectivity index (χ1v) is 6.74. The lowest BCUT2D eigenvalue weighted by molar-refractivity contribution is -0.122. The molecule has 0 aliphatic carbocycles. The van der Waals surface area contributed by atoms with Gasteiger partial charge >= 0.3 is 0 Å². The Labute approximate surface area is 121 Å². The van der Waals surface area contributed by atoms with Crippen LogP contribution < -0.4 is 10.6 Å². The number of rotatable bonds is 4. The van der Waals surface area contributed by atoms with Crippen molar-refractivity contribution in [1.82, 2.24) is 10.6 Å². The van der Waals surface area contributed by atoms with E-state index in [1.807, 2.05) is 0 Å². The van der Waals surface area contributed by atoms with E-state index in [-0.39, 0.29) is 24.4 Å². The monoisotopic (exact) mass is 282 g/mol. The minimum atomic E-state index is 0. The van der Waals surface area contributed by atoms with Crippen molar-refractivity contribution in [2.75, 3.05) is 13.1 Å². The van der Waals surface area contributed by atoms with E-state index in [1.54, 1.807) is 0 Å². The van der Waals surface area contributed by atoms with Crippen LogP contribution in [0.15, 0.2) is 18.2 Å². The highest BCUT2D eigenvalue weighted by Gasteiger charge is 2.21. The van der Waals surface area contributed by atoms with Crippen LogP contribution >= 0.6 is 12.4 Å². The number of benzene rings is 1. The molecule has 1 amide bonds. The van der Waals surface area contributed by atoms with Crippen LogP contribution in [0.5, 0.6) is 0 Å². The normalized spacial score (nSPS) is 17.9. The van der Waals surface area contributed by atoms with Gasteiger partial charge in [0.05, 0.1) is 6.04 Å². The molecule has 4 heteroatoms. The van der Waals surface area contributed by atoms with E-state index in [0.29, 0.717) is 0 Å². The summed E-state index contributed by atoms with van der Waals surface area (Å²) in [6.45, 7) is 5.92. The van der Waals surface area contributed by atoms with Gasteiger partial charge in [-0.1, -0.05) is 23.8 Å². The second-order valence-electron chi connectivity index (χ2n) is 5.12. The third kappa shape index (κ3) is 4.51. The highest BCUT2D eigenvalue weighted by Crippen LogP contribution is 2.11. The standard InChI is InChI=1S/C15H22N2O.ClH/c1-11-5-6-13(12(2)10-11)7-9-17-15(18)14-4-3-8-16-14;/h5-6,10,14,16H,3-4,7-9H2,1-2H3,(H,17,18);1H. The van der Waals surface area contributed by atoms with Crippen LogP contribution in [0.25, 0.3) is 0 Å². The topological polar surface area (TPSA) is 41.1 Å². The van der Waals surface area contributed by atoms with Gasteiger partial charge in [0.25, 0.3) is 0 Å². The number of aryl methyl sites for hydroxylation is 2. The Hall–Kier alpha value is -1.06. The molecule has 3 nitrogen and oxygen atoms in total. The van der Waals surface area contributed by atoms with Crippen molar-refractivity contribution in [2.45, 2.75) is 39.2 Å². The Balaban J connectivity index is 0.00000180. The fraction of sp³-hybridized carbons (Fsp3) is 0.533. The second kappa shape index (κ2) is 7.51. The molecule has 0 bridgehead atoms. The summed E-state index contributed by atoms with van der Waals surface area (Å²) in [5.74, 6) is 0.150. The van der Waals surface area contributed by atoms with E-state index < -0.39 is 0 Å². The number of halogens is 1. The molecule has 0 saturated carbocycles. The van der Waals surface area contributed by atoms with E-state index in [0.717, 1.165) is 32.4 Å². The zero-order valence-electron chi connectivity index (χ0n) is 11.7. The van der Waals surface area contributed by atoms with Gasteiger partial charge < -0.3 is 10.6 Å². The predicted octanol–water partition coefficient (Wildman–Crippen LogP) is 2.14. The Kier molecular flexibility index (Phi) is 6.32.